The van der Waals surface area contributed by atoms with Crippen LogP contribution in [-0.2, 0) is 0 Å². The number of allylic oxidation sites excluding steroid dienone is 8. The highest BCUT2D eigenvalue weighted by Gasteiger charge is 2.24. The van der Waals surface area contributed by atoms with Crippen molar-refractivity contribution < 1.29 is 0 Å². The molecule has 0 bridgehead atoms. The van der Waals surface area contributed by atoms with Crippen molar-refractivity contribution in [2.75, 3.05) is 0 Å². The van der Waals surface area contributed by atoms with Gasteiger partial charge < -0.3 is 0 Å². The van der Waals surface area contributed by atoms with Gasteiger partial charge in [0, 0.05) is 17.4 Å². The van der Waals surface area contributed by atoms with Crippen LogP contribution in [0.5, 0.6) is 0 Å². The second kappa shape index (κ2) is 4.62. The predicted octanol–water partition coefficient (Wildman–Crippen LogP) is 4.88. The molecular formula is C17H13Cl. The topological polar surface area (TPSA) is 0 Å². The molecule has 3 rings (SSSR count). The SMILES string of the molecule is CC1=CC2C(=CC=CC=C2c2ccc(Cl)cc2)[C]1. The van der Waals surface area contributed by atoms with E-state index in [-0.39, 0.29) is 0 Å². The molecule has 0 amide bonds. The van der Waals surface area contributed by atoms with Crippen LogP contribution in [-0.4, -0.2) is 0 Å². The summed E-state index contributed by atoms with van der Waals surface area (Å²) >= 11 is 5.95. The van der Waals surface area contributed by atoms with Gasteiger partial charge in [-0.15, -0.1) is 0 Å². The molecule has 0 saturated heterocycles. The minimum Gasteiger partial charge on any atom is -0.0843 e. The largest absolute Gasteiger partial charge is 0.0843 e. The molecule has 0 nitrogen and oxygen atoms in total. The van der Waals surface area contributed by atoms with Gasteiger partial charge in [0.05, 0.1) is 0 Å². The molecule has 1 heteroatoms. The molecule has 1 unspecified atom stereocenters. The lowest BCUT2D eigenvalue weighted by atomic mass is 9.89. The monoisotopic (exact) mass is 252 g/mol. The van der Waals surface area contributed by atoms with Crippen molar-refractivity contribution in [2.24, 2.45) is 5.92 Å². The van der Waals surface area contributed by atoms with Crippen LogP contribution in [0.25, 0.3) is 5.57 Å². The number of halogens is 1. The molecule has 0 spiro atoms. The van der Waals surface area contributed by atoms with Gasteiger partial charge in [0.1, 0.15) is 0 Å². The zero-order valence-electron chi connectivity index (χ0n) is 10.2. The summed E-state index contributed by atoms with van der Waals surface area (Å²) in [7, 11) is 0. The number of rotatable bonds is 1. The zero-order valence-corrected chi connectivity index (χ0v) is 10.9. The normalized spacial score (nSPS) is 21.9. The van der Waals surface area contributed by atoms with Gasteiger partial charge in [-0.05, 0) is 35.8 Å². The Morgan fingerprint density at radius 1 is 1.06 bits per heavy atom. The number of hydrogen-bond donors (Lipinski definition) is 0. The molecule has 18 heavy (non-hydrogen) atoms. The zero-order chi connectivity index (χ0) is 12.5. The highest BCUT2D eigenvalue weighted by Crippen LogP contribution is 2.39. The summed E-state index contributed by atoms with van der Waals surface area (Å²) in [6.07, 6.45) is 14.1. The first-order valence-electron chi connectivity index (χ1n) is 6.04. The molecule has 1 aromatic carbocycles. The van der Waals surface area contributed by atoms with Crippen molar-refractivity contribution in [3.63, 3.8) is 0 Å². The van der Waals surface area contributed by atoms with E-state index in [1.54, 1.807) is 0 Å². The summed E-state index contributed by atoms with van der Waals surface area (Å²) in [5.41, 5.74) is 4.97. The molecule has 1 atom stereocenters. The fraction of sp³-hybridized carbons (Fsp3) is 0.118. The van der Waals surface area contributed by atoms with Crippen LogP contribution in [0.2, 0.25) is 5.02 Å². The van der Waals surface area contributed by atoms with Crippen molar-refractivity contribution >= 4 is 17.2 Å². The molecule has 0 aromatic heterocycles. The van der Waals surface area contributed by atoms with Gasteiger partial charge in [-0.1, -0.05) is 59.7 Å². The highest BCUT2D eigenvalue weighted by molar-refractivity contribution is 6.30. The Hall–Kier alpha value is -1.53. The minimum absolute atomic E-state index is 0.321. The fourth-order valence-corrected chi connectivity index (χ4v) is 2.56. The van der Waals surface area contributed by atoms with Gasteiger partial charge in [-0.25, -0.2) is 0 Å². The second-order valence-corrected chi connectivity index (χ2v) is 5.02. The molecule has 0 fully saturated rings. The molecule has 2 aliphatic rings. The fourth-order valence-electron chi connectivity index (χ4n) is 2.43. The van der Waals surface area contributed by atoms with E-state index in [9.17, 15) is 0 Å². The third kappa shape index (κ3) is 2.09. The molecule has 2 aliphatic carbocycles. The van der Waals surface area contributed by atoms with Crippen LogP contribution in [0.1, 0.15) is 12.5 Å². The quantitative estimate of drug-likeness (QED) is 0.668. The summed E-state index contributed by atoms with van der Waals surface area (Å²) in [5, 5.41) is 0.774. The van der Waals surface area contributed by atoms with E-state index in [2.05, 4.69) is 55.9 Å². The highest BCUT2D eigenvalue weighted by atomic mass is 35.5. The molecule has 2 radical (unpaired) electrons. The van der Waals surface area contributed by atoms with Crippen LogP contribution in [0.4, 0.5) is 0 Å². The summed E-state index contributed by atoms with van der Waals surface area (Å²) in [6, 6.07) is 8.03. The lowest BCUT2D eigenvalue weighted by molar-refractivity contribution is 1.05. The average Bonchev–Trinajstić information content (AvgIpc) is 2.61. The lowest BCUT2D eigenvalue weighted by Crippen LogP contribution is -1.99. The van der Waals surface area contributed by atoms with Crippen LogP contribution in [0.15, 0.2) is 65.8 Å². The molecule has 1 aromatic rings. The Morgan fingerprint density at radius 2 is 1.78 bits per heavy atom. The van der Waals surface area contributed by atoms with Crippen LogP contribution >= 0.6 is 11.6 Å². The Kier molecular flexibility index (Phi) is 2.97. The van der Waals surface area contributed by atoms with E-state index in [4.69, 9.17) is 11.6 Å². The number of fused-ring (bicyclic) bond motifs is 1. The first-order chi connectivity index (χ1) is 8.74. The van der Waals surface area contributed by atoms with E-state index in [0.717, 1.165) is 5.02 Å². The summed E-state index contributed by atoms with van der Waals surface area (Å²) in [5.74, 6) is 0.321. The van der Waals surface area contributed by atoms with Crippen molar-refractivity contribution in [2.45, 2.75) is 6.92 Å². The Morgan fingerprint density at radius 3 is 2.56 bits per heavy atom. The lowest BCUT2D eigenvalue weighted by Gasteiger charge is -2.15. The summed E-state index contributed by atoms with van der Waals surface area (Å²) in [6.45, 7) is 2.10. The van der Waals surface area contributed by atoms with E-state index in [0.29, 0.717) is 5.92 Å². The molecule has 0 N–H and O–H groups in total. The van der Waals surface area contributed by atoms with Crippen LogP contribution in [0, 0.1) is 12.3 Å². The average molecular weight is 253 g/mol. The Labute approximate surface area is 113 Å². The predicted molar refractivity (Wildman–Crippen MR) is 77.1 cm³/mol. The van der Waals surface area contributed by atoms with E-state index < -0.39 is 0 Å². The molecule has 0 saturated carbocycles. The maximum absolute atomic E-state index is 5.95. The Balaban J connectivity index is 2.05. The van der Waals surface area contributed by atoms with E-state index >= 15 is 0 Å². The van der Waals surface area contributed by atoms with Gasteiger partial charge in [0.15, 0.2) is 0 Å². The molecule has 88 valence electrons. The van der Waals surface area contributed by atoms with E-state index in [1.807, 2.05) is 12.1 Å². The first kappa shape index (κ1) is 11.6. The van der Waals surface area contributed by atoms with Crippen molar-refractivity contribution in [3.05, 3.63) is 82.8 Å². The molecule has 0 aliphatic heterocycles. The maximum atomic E-state index is 5.95. The van der Waals surface area contributed by atoms with Crippen molar-refractivity contribution in [1.82, 2.24) is 0 Å². The van der Waals surface area contributed by atoms with Gasteiger partial charge in [-0.3, -0.25) is 0 Å². The minimum atomic E-state index is 0.321. The third-order valence-electron chi connectivity index (χ3n) is 3.27. The molecular weight excluding hydrogens is 240 g/mol. The summed E-state index contributed by atoms with van der Waals surface area (Å²) in [4.78, 5) is 0. The Bertz CT molecular complexity index is 583. The van der Waals surface area contributed by atoms with Gasteiger partial charge in [0.2, 0.25) is 0 Å². The number of benzene rings is 1. The smallest absolute Gasteiger partial charge is 0.0417 e. The standard InChI is InChI=1S/C17H13Cl/c1-12-10-14-4-2-3-5-16(17(14)11-12)13-6-8-15(18)9-7-13/h2-9,11,17H,1H3. The van der Waals surface area contributed by atoms with Gasteiger partial charge in [-0.2, -0.15) is 0 Å². The van der Waals surface area contributed by atoms with Gasteiger partial charge >= 0.3 is 0 Å². The van der Waals surface area contributed by atoms with Crippen LogP contribution in [0.3, 0.4) is 0 Å². The van der Waals surface area contributed by atoms with E-state index in [1.165, 1.54) is 22.3 Å². The van der Waals surface area contributed by atoms with Crippen molar-refractivity contribution in [1.29, 1.82) is 0 Å². The summed E-state index contributed by atoms with van der Waals surface area (Å²) < 4.78 is 0. The maximum Gasteiger partial charge on any atom is 0.0417 e. The van der Waals surface area contributed by atoms with Crippen LogP contribution < -0.4 is 0 Å². The van der Waals surface area contributed by atoms with Gasteiger partial charge in [0.25, 0.3) is 0 Å². The number of hydrogen-bond acceptors (Lipinski definition) is 0. The first-order valence-corrected chi connectivity index (χ1v) is 6.42. The van der Waals surface area contributed by atoms with Crippen molar-refractivity contribution in [3.8, 4) is 0 Å². The molecule has 0 heterocycles. The third-order valence-corrected chi connectivity index (χ3v) is 3.52. The second-order valence-electron chi connectivity index (χ2n) is 4.59.